The third-order valence-electron chi connectivity index (χ3n) is 3.68. The first kappa shape index (κ1) is 13.8. The summed E-state index contributed by atoms with van der Waals surface area (Å²) in [6.07, 6.45) is 3.60. The summed E-state index contributed by atoms with van der Waals surface area (Å²) < 4.78 is 25.5. The summed E-state index contributed by atoms with van der Waals surface area (Å²) in [7, 11) is 0. The predicted octanol–water partition coefficient (Wildman–Crippen LogP) is 4.00. The Labute approximate surface area is 111 Å². The molecule has 4 heteroatoms. The molecule has 0 bridgehead atoms. The fraction of sp³-hybridized carbons (Fsp3) is 0.571. The van der Waals surface area contributed by atoms with Crippen LogP contribution in [0.4, 0.5) is 8.78 Å². The first-order valence-corrected chi connectivity index (χ1v) is 7.50. The van der Waals surface area contributed by atoms with Gasteiger partial charge in [-0.25, -0.2) is 8.78 Å². The molecular weight excluding hydrogens is 252 g/mol. The Morgan fingerprint density at radius 2 is 2.17 bits per heavy atom. The number of hydrogen-bond acceptors (Lipinski definition) is 2. The van der Waals surface area contributed by atoms with Crippen molar-refractivity contribution in [3.8, 4) is 0 Å². The number of alkyl halides is 2. The lowest BCUT2D eigenvalue weighted by atomic mass is 9.84. The van der Waals surface area contributed by atoms with E-state index in [9.17, 15) is 8.78 Å². The molecule has 0 aliphatic heterocycles. The highest BCUT2D eigenvalue weighted by molar-refractivity contribution is 8.00. The second-order valence-electron chi connectivity index (χ2n) is 4.89. The van der Waals surface area contributed by atoms with E-state index in [1.54, 1.807) is 12.1 Å². The van der Waals surface area contributed by atoms with E-state index in [1.807, 2.05) is 17.8 Å². The second kappa shape index (κ2) is 6.02. The van der Waals surface area contributed by atoms with Gasteiger partial charge in [0.2, 0.25) is 0 Å². The molecule has 1 N–H and O–H groups in total. The standard InChI is InChI=1S/C14H19F2NS/c1-18-14(6-3-7-14)10-17-9-11-4-2-5-12(8-11)13(15)16/h2,4-5,8,13,17H,3,6-7,9-10H2,1H3. The van der Waals surface area contributed by atoms with Gasteiger partial charge in [0.25, 0.3) is 6.43 Å². The van der Waals surface area contributed by atoms with E-state index in [4.69, 9.17) is 0 Å². The minimum atomic E-state index is -2.38. The fourth-order valence-corrected chi connectivity index (χ4v) is 3.24. The molecule has 1 aliphatic carbocycles. The summed E-state index contributed by atoms with van der Waals surface area (Å²) in [4.78, 5) is 0. The summed E-state index contributed by atoms with van der Waals surface area (Å²) in [5.41, 5.74) is 1.04. The minimum absolute atomic E-state index is 0.109. The largest absolute Gasteiger partial charge is 0.311 e. The molecule has 0 amide bonds. The molecule has 2 rings (SSSR count). The molecule has 0 atom stereocenters. The molecule has 1 aromatic rings. The Morgan fingerprint density at radius 3 is 2.72 bits per heavy atom. The number of benzene rings is 1. The van der Waals surface area contributed by atoms with Gasteiger partial charge in [-0.1, -0.05) is 24.6 Å². The highest BCUT2D eigenvalue weighted by Crippen LogP contribution is 2.42. The molecule has 1 nitrogen and oxygen atoms in total. The molecule has 18 heavy (non-hydrogen) atoms. The third-order valence-corrected chi connectivity index (χ3v) is 5.10. The third kappa shape index (κ3) is 3.23. The highest BCUT2D eigenvalue weighted by Gasteiger charge is 2.35. The molecule has 0 radical (unpaired) electrons. The normalized spacial score (nSPS) is 17.8. The van der Waals surface area contributed by atoms with E-state index in [1.165, 1.54) is 25.3 Å². The summed E-state index contributed by atoms with van der Waals surface area (Å²) in [6, 6.07) is 6.66. The van der Waals surface area contributed by atoms with Crippen LogP contribution >= 0.6 is 11.8 Å². The molecule has 0 aromatic heterocycles. The summed E-state index contributed by atoms with van der Waals surface area (Å²) in [5, 5.41) is 3.40. The van der Waals surface area contributed by atoms with Gasteiger partial charge in [0, 0.05) is 23.4 Å². The van der Waals surface area contributed by atoms with Crippen molar-refractivity contribution in [2.75, 3.05) is 12.8 Å². The Bertz CT molecular complexity index is 386. The monoisotopic (exact) mass is 271 g/mol. The average molecular weight is 271 g/mol. The van der Waals surface area contributed by atoms with Gasteiger partial charge in [0.1, 0.15) is 0 Å². The van der Waals surface area contributed by atoms with Gasteiger partial charge in [-0.2, -0.15) is 11.8 Å². The Balaban J connectivity index is 1.84. The Hall–Kier alpha value is -0.610. The quantitative estimate of drug-likeness (QED) is 0.839. The fourth-order valence-electron chi connectivity index (χ4n) is 2.30. The van der Waals surface area contributed by atoms with Crippen LogP contribution in [0.2, 0.25) is 0 Å². The van der Waals surface area contributed by atoms with Crippen LogP contribution in [0.5, 0.6) is 0 Å². The van der Waals surface area contributed by atoms with Gasteiger partial charge in [0.05, 0.1) is 0 Å². The van der Waals surface area contributed by atoms with Gasteiger partial charge < -0.3 is 5.32 Å². The number of thioether (sulfide) groups is 1. The van der Waals surface area contributed by atoms with Crippen LogP contribution in [0.25, 0.3) is 0 Å². The van der Waals surface area contributed by atoms with Crippen molar-refractivity contribution in [3.05, 3.63) is 35.4 Å². The molecule has 1 saturated carbocycles. The first-order chi connectivity index (χ1) is 8.65. The lowest BCUT2D eigenvalue weighted by molar-refractivity contribution is 0.151. The molecule has 0 spiro atoms. The molecule has 1 aliphatic rings. The molecular formula is C14H19F2NS. The van der Waals surface area contributed by atoms with E-state index < -0.39 is 6.43 Å². The molecule has 100 valence electrons. The number of halogens is 2. The van der Waals surface area contributed by atoms with Crippen molar-refractivity contribution >= 4 is 11.8 Å². The molecule has 0 saturated heterocycles. The summed E-state index contributed by atoms with van der Waals surface area (Å²) in [5.74, 6) is 0. The lowest BCUT2D eigenvalue weighted by Crippen LogP contribution is -2.43. The average Bonchev–Trinajstić information content (AvgIpc) is 2.33. The van der Waals surface area contributed by atoms with E-state index >= 15 is 0 Å². The zero-order valence-electron chi connectivity index (χ0n) is 10.6. The van der Waals surface area contributed by atoms with Crippen molar-refractivity contribution in [3.63, 3.8) is 0 Å². The van der Waals surface area contributed by atoms with E-state index in [-0.39, 0.29) is 5.56 Å². The zero-order chi connectivity index (χ0) is 13.0. The molecule has 1 aromatic carbocycles. The van der Waals surface area contributed by atoms with Gasteiger partial charge >= 0.3 is 0 Å². The van der Waals surface area contributed by atoms with Crippen molar-refractivity contribution < 1.29 is 8.78 Å². The number of rotatable bonds is 6. The van der Waals surface area contributed by atoms with Crippen LogP contribution in [-0.4, -0.2) is 17.5 Å². The minimum Gasteiger partial charge on any atom is -0.311 e. The SMILES string of the molecule is CSC1(CNCc2cccc(C(F)F)c2)CCC1. The van der Waals surface area contributed by atoms with Crippen LogP contribution in [0.3, 0.4) is 0 Å². The van der Waals surface area contributed by atoms with Crippen LogP contribution in [0.1, 0.15) is 36.8 Å². The predicted molar refractivity (Wildman–Crippen MR) is 73.2 cm³/mol. The van der Waals surface area contributed by atoms with Crippen LogP contribution < -0.4 is 5.32 Å². The zero-order valence-corrected chi connectivity index (χ0v) is 11.4. The lowest BCUT2D eigenvalue weighted by Gasteiger charge is -2.40. The second-order valence-corrected chi connectivity index (χ2v) is 6.16. The smallest absolute Gasteiger partial charge is 0.263 e. The van der Waals surface area contributed by atoms with E-state index in [0.717, 1.165) is 12.1 Å². The van der Waals surface area contributed by atoms with Gasteiger partial charge in [-0.15, -0.1) is 0 Å². The maximum Gasteiger partial charge on any atom is 0.263 e. The molecule has 1 fully saturated rings. The summed E-state index contributed by atoms with van der Waals surface area (Å²) in [6.45, 7) is 1.63. The maximum absolute atomic E-state index is 12.6. The van der Waals surface area contributed by atoms with Crippen LogP contribution in [-0.2, 0) is 6.54 Å². The van der Waals surface area contributed by atoms with Gasteiger partial charge in [-0.05, 0) is 30.7 Å². The number of nitrogens with one attached hydrogen (secondary N) is 1. The van der Waals surface area contributed by atoms with Crippen molar-refractivity contribution in [1.29, 1.82) is 0 Å². The first-order valence-electron chi connectivity index (χ1n) is 6.28. The van der Waals surface area contributed by atoms with Crippen LogP contribution in [0.15, 0.2) is 24.3 Å². The highest BCUT2D eigenvalue weighted by atomic mass is 32.2. The summed E-state index contributed by atoms with van der Waals surface area (Å²) >= 11 is 1.92. The van der Waals surface area contributed by atoms with E-state index in [0.29, 0.717) is 11.3 Å². The molecule has 0 heterocycles. The van der Waals surface area contributed by atoms with Crippen molar-refractivity contribution in [1.82, 2.24) is 5.32 Å². The Morgan fingerprint density at radius 1 is 1.39 bits per heavy atom. The topological polar surface area (TPSA) is 12.0 Å². The number of hydrogen-bond donors (Lipinski definition) is 1. The van der Waals surface area contributed by atoms with Crippen molar-refractivity contribution in [2.45, 2.75) is 37.0 Å². The van der Waals surface area contributed by atoms with E-state index in [2.05, 4.69) is 11.6 Å². The van der Waals surface area contributed by atoms with Gasteiger partial charge in [-0.3, -0.25) is 0 Å². The Kier molecular flexibility index (Phi) is 4.62. The van der Waals surface area contributed by atoms with Crippen molar-refractivity contribution in [2.24, 2.45) is 0 Å². The van der Waals surface area contributed by atoms with Crippen LogP contribution in [0, 0.1) is 0 Å². The molecule has 0 unspecified atom stereocenters. The maximum atomic E-state index is 12.6. The van der Waals surface area contributed by atoms with Gasteiger partial charge in [0.15, 0.2) is 0 Å².